The zero-order chi connectivity index (χ0) is 18.7. The predicted molar refractivity (Wildman–Crippen MR) is 106 cm³/mol. The summed E-state index contributed by atoms with van der Waals surface area (Å²) in [5, 5.41) is 12.7. The van der Waals surface area contributed by atoms with Crippen LogP contribution in [0.25, 0.3) is 0 Å². The Balaban J connectivity index is 1.82. The SMILES string of the molecule is COc1ccc(CCC2(C(N)=O)C=C3C(=NO)CCSC3S2)cc1OC. The highest BCUT2D eigenvalue weighted by Crippen LogP contribution is 2.51. The normalized spacial score (nSPS) is 26.3. The Hall–Kier alpha value is -1.80. The van der Waals surface area contributed by atoms with Gasteiger partial charge in [-0.1, -0.05) is 17.3 Å². The number of hydrogen-bond donors (Lipinski definition) is 2. The summed E-state index contributed by atoms with van der Waals surface area (Å²) in [6.45, 7) is 0. The van der Waals surface area contributed by atoms with Gasteiger partial charge in [-0.2, -0.15) is 0 Å². The molecular formula is C18H22N2O4S2. The topological polar surface area (TPSA) is 94.1 Å². The van der Waals surface area contributed by atoms with Crippen LogP contribution in [0.5, 0.6) is 11.5 Å². The van der Waals surface area contributed by atoms with Crippen molar-refractivity contribution in [2.24, 2.45) is 10.9 Å². The third kappa shape index (κ3) is 3.53. The highest BCUT2D eigenvalue weighted by molar-refractivity contribution is 8.18. The van der Waals surface area contributed by atoms with Gasteiger partial charge in [-0.15, -0.1) is 23.5 Å². The van der Waals surface area contributed by atoms with E-state index in [1.165, 1.54) is 0 Å². The summed E-state index contributed by atoms with van der Waals surface area (Å²) >= 11 is 3.32. The number of nitrogens with zero attached hydrogens (tertiary/aromatic N) is 1. The second kappa shape index (κ2) is 7.84. The maximum Gasteiger partial charge on any atom is 0.237 e. The maximum absolute atomic E-state index is 12.3. The number of aryl methyl sites for hydroxylation is 1. The van der Waals surface area contributed by atoms with Crippen molar-refractivity contribution in [1.29, 1.82) is 0 Å². The molecule has 3 rings (SSSR count). The molecule has 3 N–H and O–H groups in total. The number of ether oxygens (including phenoxy) is 2. The van der Waals surface area contributed by atoms with Gasteiger partial charge in [-0.25, -0.2) is 0 Å². The van der Waals surface area contributed by atoms with Crippen molar-refractivity contribution in [2.45, 2.75) is 28.6 Å². The molecule has 0 aromatic heterocycles. The number of fused-ring (bicyclic) bond motifs is 1. The molecule has 0 radical (unpaired) electrons. The fourth-order valence-corrected chi connectivity index (χ4v) is 6.44. The van der Waals surface area contributed by atoms with Crippen molar-refractivity contribution in [3.63, 3.8) is 0 Å². The second-order valence-corrected chi connectivity index (χ2v) is 9.11. The fraction of sp³-hybridized carbons (Fsp3) is 0.444. The van der Waals surface area contributed by atoms with E-state index >= 15 is 0 Å². The maximum atomic E-state index is 12.3. The van der Waals surface area contributed by atoms with E-state index in [2.05, 4.69) is 5.16 Å². The molecule has 1 fully saturated rings. The van der Waals surface area contributed by atoms with E-state index in [0.29, 0.717) is 36.5 Å². The number of methoxy groups -OCH3 is 2. The smallest absolute Gasteiger partial charge is 0.237 e. The molecule has 1 amide bonds. The molecule has 0 saturated carbocycles. The molecule has 2 unspecified atom stereocenters. The highest BCUT2D eigenvalue weighted by atomic mass is 32.2. The van der Waals surface area contributed by atoms with E-state index in [-0.39, 0.29) is 10.5 Å². The van der Waals surface area contributed by atoms with Gasteiger partial charge < -0.3 is 20.4 Å². The Morgan fingerprint density at radius 3 is 2.81 bits per heavy atom. The lowest BCUT2D eigenvalue weighted by molar-refractivity contribution is -0.119. The van der Waals surface area contributed by atoms with Crippen LogP contribution in [0.4, 0.5) is 0 Å². The largest absolute Gasteiger partial charge is 0.493 e. The standard InChI is InChI=1S/C18H22N2O4S2/c1-23-14-4-3-11(9-15(14)24-2)5-7-18(17(19)21)10-12-13(20-22)6-8-25-16(12)26-18/h3-4,9-10,16,22H,5-8H2,1-2H3,(H2,19,21). The molecule has 6 nitrogen and oxygen atoms in total. The number of amides is 1. The fourth-order valence-electron chi connectivity index (χ4n) is 3.22. The molecule has 2 atom stereocenters. The van der Waals surface area contributed by atoms with Crippen LogP contribution in [0.3, 0.4) is 0 Å². The summed E-state index contributed by atoms with van der Waals surface area (Å²) in [6, 6.07) is 5.74. The van der Waals surface area contributed by atoms with Gasteiger partial charge in [0.25, 0.3) is 0 Å². The third-order valence-corrected chi connectivity index (χ3v) is 7.78. The van der Waals surface area contributed by atoms with Gasteiger partial charge >= 0.3 is 0 Å². The van der Waals surface area contributed by atoms with Crippen LogP contribution < -0.4 is 15.2 Å². The molecule has 26 heavy (non-hydrogen) atoms. The molecule has 2 aliphatic rings. The van der Waals surface area contributed by atoms with Crippen LogP contribution in [-0.2, 0) is 11.2 Å². The minimum Gasteiger partial charge on any atom is -0.493 e. The third-order valence-electron chi connectivity index (χ3n) is 4.67. The highest BCUT2D eigenvalue weighted by Gasteiger charge is 2.46. The van der Waals surface area contributed by atoms with Gasteiger partial charge in [-0.3, -0.25) is 4.79 Å². The van der Waals surface area contributed by atoms with Crippen molar-refractivity contribution in [2.75, 3.05) is 20.0 Å². The molecule has 0 aliphatic carbocycles. The molecule has 2 heterocycles. The molecule has 1 aromatic rings. The molecule has 0 bridgehead atoms. The van der Waals surface area contributed by atoms with Crippen molar-refractivity contribution in [3.05, 3.63) is 35.4 Å². The Kier molecular flexibility index (Phi) is 5.72. The van der Waals surface area contributed by atoms with E-state index in [1.807, 2.05) is 24.3 Å². The Labute approximate surface area is 161 Å². The molecule has 2 aliphatic heterocycles. The first kappa shape index (κ1) is 19.0. The van der Waals surface area contributed by atoms with Gasteiger partial charge in [-0.05, 0) is 36.1 Å². The minimum atomic E-state index is -0.791. The van der Waals surface area contributed by atoms with Crippen LogP contribution in [0.2, 0.25) is 0 Å². The van der Waals surface area contributed by atoms with Crippen LogP contribution in [0.15, 0.2) is 35.0 Å². The number of hydrogen-bond acceptors (Lipinski definition) is 7. The van der Waals surface area contributed by atoms with Gasteiger partial charge in [0.1, 0.15) is 4.75 Å². The van der Waals surface area contributed by atoms with E-state index in [9.17, 15) is 10.0 Å². The number of benzene rings is 1. The molecule has 8 heteroatoms. The number of primary amides is 1. The summed E-state index contributed by atoms with van der Waals surface area (Å²) in [4.78, 5) is 12.3. The van der Waals surface area contributed by atoms with Crippen molar-refractivity contribution in [3.8, 4) is 11.5 Å². The van der Waals surface area contributed by atoms with Gasteiger partial charge in [0.2, 0.25) is 5.91 Å². The van der Waals surface area contributed by atoms with Crippen LogP contribution in [-0.4, -0.2) is 46.1 Å². The molecule has 140 valence electrons. The minimum absolute atomic E-state index is 0.0903. The second-order valence-electron chi connectivity index (χ2n) is 6.16. The van der Waals surface area contributed by atoms with Gasteiger partial charge in [0.15, 0.2) is 11.5 Å². The first-order valence-corrected chi connectivity index (χ1v) is 10.2. The lowest BCUT2D eigenvalue weighted by atomic mass is 9.94. The first-order chi connectivity index (χ1) is 12.5. The van der Waals surface area contributed by atoms with E-state index in [0.717, 1.165) is 16.9 Å². The average molecular weight is 395 g/mol. The first-order valence-electron chi connectivity index (χ1n) is 8.27. The molecule has 1 aromatic carbocycles. The van der Waals surface area contributed by atoms with E-state index in [4.69, 9.17) is 15.2 Å². The summed E-state index contributed by atoms with van der Waals surface area (Å²) < 4.78 is 9.91. The van der Waals surface area contributed by atoms with Crippen LogP contribution >= 0.6 is 23.5 Å². The summed E-state index contributed by atoms with van der Waals surface area (Å²) in [6.07, 6.45) is 3.85. The number of nitrogens with two attached hydrogens (primary N) is 1. The van der Waals surface area contributed by atoms with Crippen molar-refractivity contribution < 1.29 is 19.5 Å². The van der Waals surface area contributed by atoms with Crippen molar-refractivity contribution in [1.82, 2.24) is 0 Å². The lowest BCUT2D eigenvalue weighted by Crippen LogP contribution is -2.38. The monoisotopic (exact) mass is 394 g/mol. The van der Waals surface area contributed by atoms with Crippen LogP contribution in [0, 0.1) is 0 Å². The van der Waals surface area contributed by atoms with Gasteiger partial charge in [0, 0.05) is 12.2 Å². The molecule has 0 spiro atoms. The van der Waals surface area contributed by atoms with E-state index < -0.39 is 4.75 Å². The van der Waals surface area contributed by atoms with E-state index in [1.54, 1.807) is 37.7 Å². The summed E-state index contributed by atoms with van der Waals surface area (Å²) in [7, 11) is 3.20. The lowest BCUT2D eigenvalue weighted by Gasteiger charge is -2.25. The number of thioether (sulfide) groups is 2. The summed E-state index contributed by atoms with van der Waals surface area (Å²) in [5.41, 5.74) is 8.41. The zero-order valence-corrected chi connectivity index (χ0v) is 16.4. The van der Waals surface area contributed by atoms with Crippen LogP contribution in [0.1, 0.15) is 18.4 Å². The van der Waals surface area contributed by atoms with Gasteiger partial charge in [0.05, 0.1) is 24.5 Å². The quantitative estimate of drug-likeness (QED) is 0.569. The number of carbonyl (C=O) groups excluding carboxylic acids is 1. The predicted octanol–water partition coefficient (Wildman–Crippen LogP) is 2.83. The number of oxime groups is 1. The molecule has 1 saturated heterocycles. The average Bonchev–Trinajstić information content (AvgIpc) is 3.06. The molecular weight excluding hydrogens is 372 g/mol. The Bertz CT molecular complexity index is 766. The Morgan fingerprint density at radius 2 is 2.15 bits per heavy atom. The Morgan fingerprint density at radius 1 is 1.38 bits per heavy atom. The summed E-state index contributed by atoms with van der Waals surface area (Å²) in [5.74, 6) is 1.85. The zero-order valence-electron chi connectivity index (χ0n) is 14.7. The van der Waals surface area contributed by atoms with Crippen molar-refractivity contribution >= 4 is 35.1 Å². The number of carbonyl (C=O) groups is 1. The number of rotatable bonds is 6.